The van der Waals surface area contributed by atoms with Crippen molar-refractivity contribution in [1.82, 2.24) is 0 Å². The van der Waals surface area contributed by atoms with Gasteiger partial charge >= 0.3 is 0 Å². The average Bonchev–Trinajstić information content (AvgIpc) is 2.56. The van der Waals surface area contributed by atoms with Gasteiger partial charge in [0.1, 0.15) is 5.75 Å². The van der Waals surface area contributed by atoms with Crippen LogP contribution < -0.4 is 26.0 Å². The van der Waals surface area contributed by atoms with Gasteiger partial charge in [0.25, 0.3) is 0 Å². The summed E-state index contributed by atoms with van der Waals surface area (Å²) in [6.07, 6.45) is 0. The van der Waals surface area contributed by atoms with Gasteiger partial charge in [-0.05, 0) is 36.4 Å². The van der Waals surface area contributed by atoms with Crippen molar-refractivity contribution in [2.24, 2.45) is 0 Å². The van der Waals surface area contributed by atoms with E-state index in [4.69, 9.17) is 16.2 Å². The van der Waals surface area contributed by atoms with Crippen LogP contribution in [0.4, 0.5) is 22.7 Å². The Morgan fingerprint density at radius 2 is 1.50 bits per heavy atom. The Bertz CT molecular complexity index is 634. The zero-order valence-electron chi connectivity index (χ0n) is 12.8. The Morgan fingerprint density at radius 1 is 0.864 bits per heavy atom. The van der Waals surface area contributed by atoms with Crippen molar-refractivity contribution in [3.05, 3.63) is 42.5 Å². The number of piperazine rings is 1. The second-order valence-electron chi connectivity index (χ2n) is 5.49. The van der Waals surface area contributed by atoms with Gasteiger partial charge in [-0.15, -0.1) is 0 Å². The molecule has 1 heterocycles. The number of ether oxygens (including phenoxy) is 1. The van der Waals surface area contributed by atoms with Crippen molar-refractivity contribution < 1.29 is 4.74 Å². The lowest BCUT2D eigenvalue weighted by Crippen LogP contribution is -2.46. The fourth-order valence-electron chi connectivity index (χ4n) is 2.84. The van der Waals surface area contributed by atoms with Crippen LogP contribution in [0.25, 0.3) is 0 Å². The number of anilines is 4. The van der Waals surface area contributed by atoms with E-state index in [1.807, 2.05) is 30.3 Å². The molecule has 5 nitrogen and oxygen atoms in total. The summed E-state index contributed by atoms with van der Waals surface area (Å²) in [7, 11) is 1.65. The van der Waals surface area contributed by atoms with Crippen LogP contribution >= 0.6 is 0 Å². The lowest BCUT2D eigenvalue weighted by molar-refractivity contribution is 0.415. The van der Waals surface area contributed by atoms with E-state index in [1.54, 1.807) is 7.11 Å². The molecule has 1 fully saturated rings. The van der Waals surface area contributed by atoms with E-state index in [-0.39, 0.29) is 0 Å². The predicted molar refractivity (Wildman–Crippen MR) is 92.7 cm³/mol. The number of hydrogen-bond acceptors (Lipinski definition) is 5. The summed E-state index contributed by atoms with van der Waals surface area (Å²) in [5.41, 5.74) is 15.7. The minimum absolute atomic E-state index is 0.764. The molecule has 1 aliphatic rings. The van der Waals surface area contributed by atoms with E-state index in [1.165, 1.54) is 5.69 Å². The Labute approximate surface area is 131 Å². The molecule has 1 aliphatic heterocycles. The maximum absolute atomic E-state index is 6.14. The minimum atomic E-state index is 0.764. The molecule has 1 saturated heterocycles. The minimum Gasteiger partial charge on any atom is -0.497 e. The van der Waals surface area contributed by atoms with Crippen molar-refractivity contribution in [3.8, 4) is 5.75 Å². The maximum atomic E-state index is 6.14. The lowest BCUT2D eigenvalue weighted by atomic mass is 10.2. The Balaban J connectivity index is 1.67. The Hall–Kier alpha value is -2.56. The average molecular weight is 298 g/mol. The van der Waals surface area contributed by atoms with Gasteiger partial charge in [0.05, 0.1) is 18.5 Å². The second kappa shape index (κ2) is 6.05. The molecule has 0 aliphatic carbocycles. The van der Waals surface area contributed by atoms with Crippen molar-refractivity contribution in [3.63, 3.8) is 0 Å². The third kappa shape index (κ3) is 2.88. The van der Waals surface area contributed by atoms with Crippen molar-refractivity contribution >= 4 is 22.7 Å². The van der Waals surface area contributed by atoms with E-state index in [0.717, 1.165) is 49.0 Å². The molecule has 2 aromatic carbocycles. The number of rotatable bonds is 3. The predicted octanol–water partition coefficient (Wildman–Crippen LogP) is 2.19. The van der Waals surface area contributed by atoms with Crippen LogP contribution in [0, 0.1) is 0 Å². The van der Waals surface area contributed by atoms with Crippen LogP contribution in [0.1, 0.15) is 0 Å². The monoisotopic (exact) mass is 298 g/mol. The normalized spacial score (nSPS) is 15.0. The summed E-state index contributed by atoms with van der Waals surface area (Å²) < 4.78 is 5.20. The van der Waals surface area contributed by atoms with E-state index >= 15 is 0 Å². The molecule has 5 heteroatoms. The fourth-order valence-corrected chi connectivity index (χ4v) is 2.84. The van der Waals surface area contributed by atoms with Crippen LogP contribution in [0.2, 0.25) is 0 Å². The number of benzene rings is 2. The zero-order valence-corrected chi connectivity index (χ0v) is 12.8. The molecule has 3 rings (SSSR count). The summed E-state index contributed by atoms with van der Waals surface area (Å²) in [6.45, 7) is 3.83. The number of methoxy groups -OCH3 is 1. The van der Waals surface area contributed by atoms with Crippen LogP contribution in [0.3, 0.4) is 0 Å². The quantitative estimate of drug-likeness (QED) is 0.850. The number of hydrogen-bond donors (Lipinski definition) is 2. The molecule has 2 aromatic rings. The summed E-state index contributed by atoms with van der Waals surface area (Å²) in [5, 5.41) is 0. The van der Waals surface area contributed by atoms with Gasteiger partial charge in [-0.3, -0.25) is 0 Å². The molecule has 0 bridgehead atoms. The highest BCUT2D eigenvalue weighted by atomic mass is 16.5. The van der Waals surface area contributed by atoms with Crippen molar-refractivity contribution in [1.29, 1.82) is 0 Å². The first kappa shape index (κ1) is 14.4. The molecular formula is C17H22N4O. The highest BCUT2D eigenvalue weighted by Crippen LogP contribution is 2.29. The topological polar surface area (TPSA) is 67.8 Å². The molecule has 0 atom stereocenters. The maximum Gasteiger partial charge on any atom is 0.121 e. The standard InChI is InChI=1S/C17H22N4O/c1-22-15-6-7-17(16(19)12-15)21-10-8-20(9-11-21)14-4-2-13(18)3-5-14/h2-7,12H,8-11,18-19H2,1H3. The molecule has 116 valence electrons. The summed E-state index contributed by atoms with van der Waals surface area (Å²) in [4.78, 5) is 4.69. The largest absolute Gasteiger partial charge is 0.497 e. The Morgan fingerprint density at radius 3 is 2.09 bits per heavy atom. The highest BCUT2D eigenvalue weighted by molar-refractivity contribution is 5.70. The summed E-state index contributed by atoms with van der Waals surface area (Å²) in [6, 6.07) is 13.9. The molecule has 4 N–H and O–H groups in total. The molecule has 0 unspecified atom stereocenters. The van der Waals surface area contributed by atoms with Crippen LogP contribution in [-0.4, -0.2) is 33.3 Å². The SMILES string of the molecule is COc1ccc(N2CCN(c3ccc(N)cc3)CC2)c(N)c1. The molecule has 0 saturated carbocycles. The third-order valence-electron chi connectivity index (χ3n) is 4.11. The van der Waals surface area contributed by atoms with Gasteiger partial charge in [0, 0.05) is 43.6 Å². The van der Waals surface area contributed by atoms with Crippen LogP contribution in [0.15, 0.2) is 42.5 Å². The van der Waals surface area contributed by atoms with Crippen LogP contribution in [0.5, 0.6) is 5.75 Å². The van der Waals surface area contributed by atoms with Gasteiger partial charge in [0.2, 0.25) is 0 Å². The van der Waals surface area contributed by atoms with Gasteiger partial charge in [0.15, 0.2) is 0 Å². The number of nitrogens with zero attached hydrogens (tertiary/aromatic N) is 2. The van der Waals surface area contributed by atoms with Crippen molar-refractivity contribution in [2.75, 3.05) is 54.6 Å². The van der Waals surface area contributed by atoms with E-state index in [0.29, 0.717) is 0 Å². The molecule has 0 amide bonds. The first-order valence-corrected chi connectivity index (χ1v) is 7.46. The van der Waals surface area contributed by atoms with Crippen molar-refractivity contribution in [2.45, 2.75) is 0 Å². The molecule has 0 radical (unpaired) electrons. The molecule has 22 heavy (non-hydrogen) atoms. The van der Waals surface area contributed by atoms with Gasteiger partial charge in [-0.1, -0.05) is 0 Å². The zero-order chi connectivity index (χ0) is 15.5. The number of nitrogens with two attached hydrogens (primary N) is 2. The summed E-state index contributed by atoms with van der Waals surface area (Å²) >= 11 is 0. The first-order chi connectivity index (χ1) is 10.7. The molecule has 0 spiro atoms. The van der Waals surface area contributed by atoms with E-state index < -0.39 is 0 Å². The highest BCUT2D eigenvalue weighted by Gasteiger charge is 2.19. The van der Waals surface area contributed by atoms with Gasteiger partial charge in [-0.25, -0.2) is 0 Å². The second-order valence-corrected chi connectivity index (χ2v) is 5.49. The number of nitrogen functional groups attached to an aromatic ring is 2. The van der Waals surface area contributed by atoms with E-state index in [2.05, 4.69) is 21.9 Å². The third-order valence-corrected chi connectivity index (χ3v) is 4.11. The van der Waals surface area contributed by atoms with Gasteiger partial charge in [-0.2, -0.15) is 0 Å². The smallest absolute Gasteiger partial charge is 0.121 e. The van der Waals surface area contributed by atoms with Crippen LogP contribution in [-0.2, 0) is 0 Å². The molecule has 0 aromatic heterocycles. The summed E-state index contributed by atoms with van der Waals surface area (Å²) in [5.74, 6) is 0.793. The fraction of sp³-hybridized carbons (Fsp3) is 0.294. The first-order valence-electron chi connectivity index (χ1n) is 7.46. The van der Waals surface area contributed by atoms with Gasteiger partial charge < -0.3 is 26.0 Å². The Kier molecular flexibility index (Phi) is 3.96. The van der Waals surface area contributed by atoms with E-state index in [9.17, 15) is 0 Å². The lowest BCUT2D eigenvalue weighted by Gasteiger charge is -2.37. The molecular weight excluding hydrogens is 276 g/mol.